The molecule has 3 unspecified atom stereocenters. The number of nitrogens with zero attached hydrogens (tertiary/aromatic N) is 1. The predicted molar refractivity (Wildman–Crippen MR) is 75.3 cm³/mol. The maximum absolute atomic E-state index is 9.51. The van der Waals surface area contributed by atoms with E-state index in [9.17, 15) is 5.11 Å². The Balaban J connectivity index is 4.45. The molecule has 0 saturated heterocycles. The topological polar surface area (TPSA) is 35.5 Å². The number of nitrogens with one attached hydrogen (secondary N) is 1. The summed E-state index contributed by atoms with van der Waals surface area (Å²) in [4.78, 5) is 2.41. The predicted octanol–water partition coefficient (Wildman–Crippen LogP) is 2.10. The van der Waals surface area contributed by atoms with Crippen LogP contribution in [0.25, 0.3) is 0 Å². The average molecular weight is 244 g/mol. The van der Waals surface area contributed by atoms with Crippen molar-refractivity contribution in [1.29, 1.82) is 0 Å². The molecule has 0 aromatic rings. The highest BCUT2D eigenvalue weighted by Gasteiger charge is 2.28. The Hall–Kier alpha value is -0.120. The molecule has 3 heteroatoms. The van der Waals surface area contributed by atoms with E-state index < -0.39 is 0 Å². The van der Waals surface area contributed by atoms with Crippen molar-refractivity contribution in [1.82, 2.24) is 10.2 Å². The molecular formula is C14H32N2O. The smallest absolute Gasteiger partial charge is 0.0611 e. The number of rotatable bonds is 8. The number of aliphatic hydroxyl groups is 1. The van der Waals surface area contributed by atoms with Crippen molar-refractivity contribution in [3.8, 4) is 0 Å². The van der Waals surface area contributed by atoms with Gasteiger partial charge in [0.05, 0.1) is 6.61 Å². The van der Waals surface area contributed by atoms with E-state index in [-0.39, 0.29) is 12.1 Å². The van der Waals surface area contributed by atoms with Gasteiger partial charge in [0.1, 0.15) is 0 Å². The van der Waals surface area contributed by atoms with E-state index in [2.05, 4.69) is 58.8 Å². The summed E-state index contributed by atoms with van der Waals surface area (Å²) < 4.78 is 0. The Labute approximate surface area is 108 Å². The van der Waals surface area contributed by atoms with Gasteiger partial charge in [0.15, 0.2) is 0 Å². The van der Waals surface area contributed by atoms with Gasteiger partial charge in [0.25, 0.3) is 0 Å². The third kappa shape index (κ3) is 5.36. The summed E-state index contributed by atoms with van der Waals surface area (Å²) >= 11 is 0. The van der Waals surface area contributed by atoms with Crippen molar-refractivity contribution < 1.29 is 5.11 Å². The Morgan fingerprint density at radius 3 is 2.12 bits per heavy atom. The molecule has 0 aliphatic rings. The van der Waals surface area contributed by atoms with Crippen LogP contribution < -0.4 is 5.32 Å². The fraction of sp³-hybridized carbons (Fsp3) is 1.00. The molecule has 0 radical (unpaired) electrons. The Kier molecular flexibility index (Phi) is 7.29. The molecule has 3 nitrogen and oxygen atoms in total. The van der Waals surface area contributed by atoms with E-state index in [1.165, 1.54) is 0 Å². The van der Waals surface area contributed by atoms with Crippen LogP contribution in [-0.2, 0) is 0 Å². The third-order valence-electron chi connectivity index (χ3n) is 4.00. The summed E-state index contributed by atoms with van der Waals surface area (Å²) in [7, 11) is 2.18. The van der Waals surface area contributed by atoms with Gasteiger partial charge in [-0.2, -0.15) is 0 Å². The van der Waals surface area contributed by atoms with Gasteiger partial charge < -0.3 is 15.3 Å². The second kappa shape index (κ2) is 7.34. The number of aliphatic hydroxyl groups excluding tert-OH is 1. The Morgan fingerprint density at radius 1 is 1.24 bits per heavy atom. The summed E-state index contributed by atoms with van der Waals surface area (Å²) in [5, 5.41) is 12.9. The fourth-order valence-corrected chi connectivity index (χ4v) is 2.29. The third-order valence-corrected chi connectivity index (χ3v) is 4.00. The largest absolute Gasteiger partial charge is 0.394 e. The van der Waals surface area contributed by atoms with E-state index in [4.69, 9.17) is 0 Å². The van der Waals surface area contributed by atoms with Crippen LogP contribution in [0.15, 0.2) is 0 Å². The van der Waals surface area contributed by atoms with Crippen LogP contribution in [0.2, 0.25) is 0 Å². The van der Waals surface area contributed by atoms with Crippen molar-refractivity contribution in [2.24, 2.45) is 5.92 Å². The normalized spacial score (nSPS) is 19.4. The molecule has 0 rings (SSSR count). The highest BCUT2D eigenvalue weighted by Crippen LogP contribution is 2.19. The van der Waals surface area contributed by atoms with Crippen molar-refractivity contribution in [2.75, 3.05) is 20.2 Å². The Morgan fingerprint density at radius 2 is 1.76 bits per heavy atom. The zero-order chi connectivity index (χ0) is 13.6. The molecule has 3 atom stereocenters. The summed E-state index contributed by atoms with van der Waals surface area (Å²) in [5.74, 6) is 0.655. The monoisotopic (exact) mass is 244 g/mol. The van der Waals surface area contributed by atoms with Gasteiger partial charge in [-0.25, -0.2) is 0 Å². The van der Waals surface area contributed by atoms with Crippen LogP contribution in [0.5, 0.6) is 0 Å². The zero-order valence-corrected chi connectivity index (χ0v) is 12.7. The second-order valence-corrected chi connectivity index (χ2v) is 5.95. The lowest BCUT2D eigenvalue weighted by Gasteiger charge is -2.38. The van der Waals surface area contributed by atoms with Crippen molar-refractivity contribution >= 4 is 0 Å². The lowest BCUT2D eigenvalue weighted by Crippen LogP contribution is -2.51. The van der Waals surface area contributed by atoms with Crippen molar-refractivity contribution in [2.45, 2.75) is 65.6 Å². The lowest BCUT2D eigenvalue weighted by atomic mass is 9.92. The average Bonchev–Trinajstić information content (AvgIpc) is 2.27. The number of likely N-dealkylation sites (N-methyl/N-ethyl adjacent to an activating group) is 1. The van der Waals surface area contributed by atoms with E-state index in [0.717, 1.165) is 13.0 Å². The molecule has 0 aromatic carbocycles. The zero-order valence-electron chi connectivity index (χ0n) is 12.7. The number of hydrogen-bond acceptors (Lipinski definition) is 3. The van der Waals surface area contributed by atoms with Crippen LogP contribution in [0.1, 0.15) is 48.0 Å². The number of hydrogen-bond donors (Lipinski definition) is 2. The van der Waals surface area contributed by atoms with E-state index in [1.807, 2.05) is 0 Å². The van der Waals surface area contributed by atoms with Crippen molar-refractivity contribution in [3.63, 3.8) is 0 Å². The minimum Gasteiger partial charge on any atom is -0.394 e. The highest BCUT2D eigenvalue weighted by molar-refractivity contribution is 4.87. The molecule has 0 aliphatic carbocycles. The SMILES string of the molecule is CCNC(C)(CO)CC(C)N(C)C(C)C(C)C. The molecule has 104 valence electrons. The molecule has 17 heavy (non-hydrogen) atoms. The van der Waals surface area contributed by atoms with E-state index >= 15 is 0 Å². The molecule has 0 heterocycles. The molecule has 2 N–H and O–H groups in total. The molecule has 0 spiro atoms. The summed E-state index contributed by atoms with van der Waals surface area (Å²) in [6, 6.07) is 1.03. The summed E-state index contributed by atoms with van der Waals surface area (Å²) in [6.07, 6.45) is 0.963. The van der Waals surface area contributed by atoms with E-state index in [1.54, 1.807) is 0 Å². The first-order valence-electron chi connectivity index (χ1n) is 6.85. The first kappa shape index (κ1) is 16.9. The van der Waals surface area contributed by atoms with Gasteiger partial charge >= 0.3 is 0 Å². The summed E-state index contributed by atoms with van der Waals surface area (Å²) in [5.41, 5.74) is -0.168. The van der Waals surface area contributed by atoms with Crippen LogP contribution in [0, 0.1) is 5.92 Å². The van der Waals surface area contributed by atoms with Gasteiger partial charge in [-0.1, -0.05) is 20.8 Å². The van der Waals surface area contributed by atoms with Crippen LogP contribution in [0.3, 0.4) is 0 Å². The van der Waals surface area contributed by atoms with Crippen LogP contribution >= 0.6 is 0 Å². The van der Waals surface area contributed by atoms with Gasteiger partial charge in [-0.05, 0) is 46.7 Å². The highest BCUT2D eigenvalue weighted by atomic mass is 16.3. The fourth-order valence-electron chi connectivity index (χ4n) is 2.29. The molecule has 0 aliphatic heterocycles. The molecule has 0 bridgehead atoms. The van der Waals surface area contributed by atoms with Crippen LogP contribution in [-0.4, -0.2) is 47.8 Å². The van der Waals surface area contributed by atoms with Gasteiger partial charge in [-0.15, -0.1) is 0 Å². The maximum atomic E-state index is 9.51. The quantitative estimate of drug-likeness (QED) is 0.686. The second-order valence-electron chi connectivity index (χ2n) is 5.95. The van der Waals surface area contributed by atoms with Gasteiger partial charge in [0, 0.05) is 17.6 Å². The minimum absolute atomic E-state index is 0.168. The van der Waals surface area contributed by atoms with Crippen molar-refractivity contribution in [3.05, 3.63) is 0 Å². The molecular weight excluding hydrogens is 212 g/mol. The van der Waals surface area contributed by atoms with Gasteiger partial charge in [-0.3, -0.25) is 0 Å². The lowest BCUT2D eigenvalue weighted by molar-refractivity contribution is 0.0975. The first-order valence-corrected chi connectivity index (χ1v) is 6.85. The molecule has 0 aromatic heterocycles. The minimum atomic E-state index is -0.168. The molecule has 0 fully saturated rings. The summed E-state index contributed by atoms with van der Waals surface area (Å²) in [6.45, 7) is 14.3. The maximum Gasteiger partial charge on any atom is 0.0611 e. The first-order chi connectivity index (χ1) is 7.77. The molecule has 0 amide bonds. The standard InChI is InChI=1S/C14H32N2O/c1-8-15-14(6,10-17)9-12(4)16(7)13(5)11(2)3/h11-13,15,17H,8-10H2,1-7H3. The molecule has 0 saturated carbocycles. The van der Waals surface area contributed by atoms with Crippen LogP contribution in [0.4, 0.5) is 0 Å². The van der Waals surface area contributed by atoms with Gasteiger partial charge in [0.2, 0.25) is 0 Å². The van der Waals surface area contributed by atoms with E-state index in [0.29, 0.717) is 18.0 Å². The Bertz CT molecular complexity index is 208.